The quantitative estimate of drug-likeness (QED) is 0.907. The maximum atomic E-state index is 8.84. The van der Waals surface area contributed by atoms with E-state index in [1.54, 1.807) is 0 Å². The van der Waals surface area contributed by atoms with Gasteiger partial charge in [-0.05, 0) is 25.2 Å². The molecule has 0 bridgehead atoms. The van der Waals surface area contributed by atoms with E-state index >= 15 is 0 Å². The summed E-state index contributed by atoms with van der Waals surface area (Å²) in [6.07, 6.45) is 0. The van der Waals surface area contributed by atoms with Crippen LogP contribution in [0.3, 0.4) is 0 Å². The van der Waals surface area contributed by atoms with Crippen LogP contribution in [-0.2, 0) is 0 Å². The summed E-state index contributed by atoms with van der Waals surface area (Å²) >= 11 is 3.40. The number of rotatable bonds is 4. The van der Waals surface area contributed by atoms with Crippen molar-refractivity contribution in [2.24, 2.45) is 0 Å². The molecule has 0 saturated carbocycles. The molecule has 0 fully saturated rings. The molecule has 1 N–H and O–H groups in total. The maximum absolute atomic E-state index is 8.84. The summed E-state index contributed by atoms with van der Waals surface area (Å²) < 4.78 is 0.938. The number of hydrogen-bond acceptors (Lipinski definition) is 3. The Morgan fingerprint density at radius 2 is 2.20 bits per heavy atom. The van der Waals surface area contributed by atoms with Crippen molar-refractivity contribution in [3.05, 3.63) is 28.2 Å². The smallest absolute Gasteiger partial charge is 0.0992 e. The fourth-order valence-corrected chi connectivity index (χ4v) is 1.75. The monoisotopic (exact) mass is 267 g/mol. The van der Waals surface area contributed by atoms with Gasteiger partial charge in [-0.1, -0.05) is 15.9 Å². The van der Waals surface area contributed by atoms with Crippen molar-refractivity contribution in [3.63, 3.8) is 0 Å². The fourth-order valence-electron chi connectivity index (χ4n) is 1.27. The first kappa shape index (κ1) is 12.0. The van der Waals surface area contributed by atoms with Crippen LogP contribution >= 0.6 is 15.9 Å². The number of nitrogens with zero attached hydrogens (tertiary/aromatic N) is 2. The van der Waals surface area contributed by atoms with Crippen LogP contribution in [-0.4, -0.2) is 27.2 Å². The van der Waals surface area contributed by atoms with Gasteiger partial charge in [0.05, 0.1) is 11.6 Å². The van der Waals surface area contributed by atoms with Crippen LogP contribution in [0.25, 0.3) is 0 Å². The van der Waals surface area contributed by atoms with Crippen LogP contribution in [0.5, 0.6) is 0 Å². The van der Waals surface area contributed by atoms with Crippen LogP contribution in [0.1, 0.15) is 5.56 Å². The molecule has 0 aliphatic rings. The zero-order chi connectivity index (χ0) is 11.3. The van der Waals surface area contributed by atoms with Gasteiger partial charge in [-0.2, -0.15) is 5.26 Å². The standard InChI is InChI=1S/C11H14BrN3/c1-14-3-4-15(2)11-6-9(8-13)5-10(12)7-11/h5-7,14H,3-4H2,1-2H3. The Bertz CT molecular complexity index is 371. The highest BCUT2D eigenvalue weighted by Crippen LogP contribution is 2.21. The van der Waals surface area contributed by atoms with E-state index in [0.29, 0.717) is 5.56 Å². The lowest BCUT2D eigenvalue weighted by molar-refractivity contribution is 0.767. The highest BCUT2D eigenvalue weighted by molar-refractivity contribution is 9.10. The minimum absolute atomic E-state index is 0.677. The fraction of sp³-hybridized carbons (Fsp3) is 0.364. The number of benzene rings is 1. The van der Waals surface area contributed by atoms with E-state index in [2.05, 4.69) is 32.2 Å². The summed E-state index contributed by atoms with van der Waals surface area (Å²) in [6.45, 7) is 1.84. The first-order valence-corrected chi connectivity index (χ1v) is 5.53. The average molecular weight is 268 g/mol. The summed E-state index contributed by atoms with van der Waals surface area (Å²) in [4.78, 5) is 2.11. The predicted molar refractivity (Wildman–Crippen MR) is 66.1 cm³/mol. The lowest BCUT2D eigenvalue weighted by Crippen LogP contribution is -2.27. The summed E-state index contributed by atoms with van der Waals surface area (Å²) in [5.41, 5.74) is 1.73. The molecule has 80 valence electrons. The lowest BCUT2D eigenvalue weighted by atomic mass is 10.2. The second-order valence-corrected chi connectivity index (χ2v) is 4.25. The Hall–Kier alpha value is -1.05. The van der Waals surface area contributed by atoms with Gasteiger partial charge in [0.1, 0.15) is 0 Å². The Labute approximate surface area is 98.8 Å². The minimum atomic E-state index is 0.677. The predicted octanol–water partition coefficient (Wildman–Crippen LogP) is 1.98. The van der Waals surface area contributed by atoms with Crippen molar-refractivity contribution in [2.75, 3.05) is 32.1 Å². The Morgan fingerprint density at radius 3 is 2.80 bits per heavy atom. The molecular weight excluding hydrogens is 254 g/mol. The summed E-state index contributed by atoms with van der Waals surface area (Å²) in [5.74, 6) is 0. The minimum Gasteiger partial charge on any atom is -0.373 e. The molecule has 0 aliphatic heterocycles. The van der Waals surface area contributed by atoms with Gasteiger partial charge >= 0.3 is 0 Å². The van der Waals surface area contributed by atoms with Crippen molar-refractivity contribution >= 4 is 21.6 Å². The lowest BCUT2D eigenvalue weighted by Gasteiger charge is -2.19. The molecule has 0 spiro atoms. The van der Waals surface area contributed by atoms with Gasteiger partial charge in [-0.25, -0.2) is 0 Å². The molecule has 0 radical (unpaired) electrons. The van der Waals surface area contributed by atoms with E-state index in [4.69, 9.17) is 5.26 Å². The molecule has 3 nitrogen and oxygen atoms in total. The molecule has 0 aliphatic carbocycles. The molecule has 0 amide bonds. The second-order valence-electron chi connectivity index (χ2n) is 3.34. The molecule has 0 unspecified atom stereocenters. The summed E-state index contributed by atoms with van der Waals surface area (Å²) in [7, 11) is 3.94. The van der Waals surface area contributed by atoms with E-state index < -0.39 is 0 Å². The number of nitrogens with one attached hydrogen (secondary N) is 1. The van der Waals surface area contributed by atoms with Gasteiger partial charge in [0.15, 0.2) is 0 Å². The summed E-state index contributed by atoms with van der Waals surface area (Å²) in [6, 6.07) is 7.86. The van der Waals surface area contributed by atoms with Crippen molar-refractivity contribution in [1.82, 2.24) is 5.32 Å². The zero-order valence-electron chi connectivity index (χ0n) is 8.92. The third kappa shape index (κ3) is 3.54. The second kappa shape index (κ2) is 5.74. The Morgan fingerprint density at radius 1 is 1.47 bits per heavy atom. The molecule has 0 heterocycles. The molecule has 0 saturated heterocycles. The summed E-state index contributed by atoms with van der Waals surface area (Å²) in [5, 5.41) is 11.9. The largest absolute Gasteiger partial charge is 0.373 e. The molecule has 1 aromatic rings. The topological polar surface area (TPSA) is 39.1 Å². The molecular formula is C11H14BrN3. The maximum Gasteiger partial charge on any atom is 0.0992 e. The average Bonchev–Trinajstić information content (AvgIpc) is 2.24. The van der Waals surface area contributed by atoms with Gasteiger partial charge < -0.3 is 10.2 Å². The molecule has 0 atom stereocenters. The number of halogens is 1. The highest BCUT2D eigenvalue weighted by Gasteiger charge is 2.03. The van der Waals surface area contributed by atoms with Crippen LogP contribution in [0.4, 0.5) is 5.69 Å². The van der Waals surface area contributed by atoms with Crippen LogP contribution in [0, 0.1) is 11.3 Å². The van der Waals surface area contributed by atoms with Crippen molar-refractivity contribution in [2.45, 2.75) is 0 Å². The molecule has 1 aromatic carbocycles. The molecule has 15 heavy (non-hydrogen) atoms. The van der Waals surface area contributed by atoms with Crippen molar-refractivity contribution in [3.8, 4) is 6.07 Å². The van der Waals surface area contributed by atoms with Gasteiger partial charge in [0.25, 0.3) is 0 Å². The molecule has 1 rings (SSSR count). The van der Waals surface area contributed by atoms with Gasteiger partial charge in [-0.3, -0.25) is 0 Å². The van der Waals surface area contributed by atoms with Crippen LogP contribution in [0.2, 0.25) is 0 Å². The van der Waals surface area contributed by atoms with Crippen molar-refractivity contribution < 1.29 is 0 Å². The van der Waals surface area contributed by atoms with Gasteiger partial charge in [0.2, 0.25) is 0 Å². The molecule has 0 aromatic heterocycles. The SMILES string of the molecule is CNCCN(C)c1cc(Br)cc(C#N)c1. The Kier molecular flexibility index (Phi) is 4.60. The van der Waals surface area contributed by atoms with Gasteiger partial charge in [0, 0.05) is 30.3 Å². The van der Waals surface area contributed by atoms with Crippen LogP contribution in [0.15, 0.2) is 22.7 Å². The van der Waals surface area contributed by atoms with E-state index in [0.717, 1.165) is 23.2 Å². The third-order valence-corrected chi connectivity index (χ3v) is 2.61. The highest BCUT2D eigenvalue weighted by atomic mass is 79.9. The number of hydrogen-bond donors (Lipinski definition) is 1. The van der Waals surface area contributed by atoms with E-state index in [9.17, 15) is 0 Å². The number of likely N-dealkylation sites (N-methyl/N-ethyl adjacent to an activating group) is 2. The van der Waals surface area contributed by atoms with Crippen LogP contribution < -0.4 is 10.2 Å². The van der Waals surface area contributed by atoms with E-state index in [1.165, 1.54) is 0 Å². The zero-order valence-corrected chi connectivity index (χ0v) is 10.5. The number of anilines is 1. The normalized spacial score (nSPS) is 9.73. The van der Waals surface area contributed by atoms with E-state index in [1.807, 2.05) is 32.3 Å². The Balaban J connectivity index is 2.84. The van der Waals surface area contributed by atoms with Gasteiger partial charge in [-0.15, -0.1) is 0 Å². The third-order valence-electron chi connectivity index (χ3n) is 2.15. The first-order valence-electron chi connectivity index (χ1n) is 4.74. The molecule has 4 heteroatoms. The van der Waals surface area contributed by atoms with E-state index in [-0.39, 0.29) is 0 Å². The first-order chi connectivity index (χ1) is 7.17. The number of nitriles is 1. The van der Waals surface area contributed by atoms with Crippen molar-refractivity contribution in [1.29, 1.82) is 5.26 Å².